The summed E-state index contributed by atoms with van der Waals surface area (Å²) in [6.07, 6.45) is 6.14. The Balaban J connectivity index is 2.12. The molecule has 3 heteroatoms. The minimum Gasteiger partial charge on any atom is -0.268 e. The Labute approximate surface area is 106 Å². The second-order valence-corrected chi connectivity index (χ2v) is 6.03. The lowest BCUT2D eigenvalue weighted by atomic mass is 9.79. The van der Waals surface area contributed by atoms with E-state index < -0.39 is 0 Å². The first-order valence-electron chi connectivity index (χ1n) is 5.79. The molecule has 1 fully saturated rings. The van der Waals surface area contributed by atoms with Gasteiger partial charge in [-0.15, -0.1) is 0 Å². The molecule has 1 aliphatic carbocycles. The van der Waals surface area contributed by atoms with Crippen molar-refractivity contribution in [3.8, 4) is 0 Å². The van der Waals surface area contributed by atoms with E-state index in [1.807, 2.05) is 0 Å². The van der Waals surface area contributed by atoms with Crippen LogP contribution in [0.4, 0.5) is 0 Å². The zero-order chi connectivity index (χ0) is 11.0. The van der Waals surface area contributed by atoms with E-state index in [0.29, 0.717) is 6.04 Å². The van der Waals surface area contributed by atoms with E-state index in [-0.39, 0.29) is 0 Å². The van der Waals surface area contributed by atoms with Crippen molar-refractivity contribution in [2.24, 2.45) is 11.8 Å². The molecule has 84 valence electrons. The van der Waals surface area contributed by atoms with Crippen LogP contribution < -0.4 is 0 Å². The van der Waals surface area contributed by atoms with Crippen LogP contribution in [-0.4, -0.2) is 9.78 Å². The van der Waals surface area contributed by atoms with Gasteiger partial charge in [0.2, 0.25) is 0 Å². The first-order valence-corrected chi connectivity index (χ1v) is 6.87. The van der Waals surface area contributed by atoms with Gasteiger partial charge in [0.25, 0.3) is 0 Å². The number of halogens is 1. The molecule has 0 aromatic carbocycles. The van der Waals surface area contributed by atoms with Gasteiger partial charge in [-0.3, -0.25) is 4.68 Å². The Kier molecular flexibility index (Phi) is 3.38. The van der Waals surface area contributed by atoms with Crippen molar-refractivity contribution in [3.63, 3.8) is 0 Å². The summed E-state index contributed by atoms with van der Waals surface area (Å²) in [7, 11) is 0. The van der Waals surface area contributed by atoms with Crippen molar-refractivity contribution >= 4 is 22.6 Å². The van der Waals surface area contributed by atoms with Crippen molar-refractivity contribution in [3.05, 3.63) is 15.5 Å². The van der Waals surface area contributed by atoms with E-state index in [0.717, 1.165) is 15.5 Å². The third-order valence-electron chi connectivity index (χ3n) is 3.80. The Morgan fingerprint density at radius 2 is 2.07 bits per heavy atom. The predicted molar refractivity (Wildman–Crippen MR) is 70.9 cm³/mol. The summed E-state index contributed by atoms with van der Waals surface area (Å²) in [5.41, 5.74) is 1.31. The second kappa shape index (κ2) is 4.44. The van der Waals surface area contributed by atoms with E-state index in [1.54, 1.807) is 0 Å². The van der Waals surface area contributed by atoms with Crippen LogP contribution in [0.25, 0.3) is 0 Å². The maximum absolute atomic E-state index is 4.60. The van der Waals surface area contributed by atoms with E-state index >= 15 is 0 Å². The van der Waals surface area contributed by atoms with Crippen LogP contribution in [0.1, 0.15) is 44.7 Å². The fourth-order valence-electron chi connectivity index (χ4n) is 2.41. The standard InChI is InChI=1S/C12H19IN2/c1-8-4-5-11(6-9(8)2)15-7-10(3)12(13)14-15/h7-9,11H,4-6H2,1-3H3. The molecule has 1 aromatic rings. The highest BCUT2D eigenvalue weighted by atomic mass is 127. The lowest BCUT2D eigenvalue weighted by molar-refractivity contribution is 0.200. The maximum atomic E-state index is 4.60. The van der Waals surface area contributed by atoms with Crippen molar-refractivity contribution in [2.45, 2.75) is 46.1 Å². The van der Waals surface area contributed by atoms with E-state index in [4.69, 9.17) is 0 Å². The fourth-order valence-corrected chi connectivity index (χ4v) is 2.80. The number of hydrogen-bond donors (Lipinski definition) is 0. The highest BCUT2D eigenvalue weighted by Gasteiger charge is 2.26. The van der Waals surface area contributed by atoms with E-state index in [2.05, 4.69) is 59.3 Å². The van der Waals surface area contributed by atoms with Crippen LogP contribution in [-0.2, 0) is 0 Å². The van der Waals surface area contributed by atoms with Gasteiger partial charge >= 0.3 is 0 Å². The van der Waals surface area contributed by atoms with Crippen LogP contribution in [0.15, 0.2) is 6.20 Å². The lowest BCUT2D eigenvalue weighted by Crippen LogP contribution is -2.23. The normalized spacial score (nSPS) is 31.9. The van der Waals surface area contributed by atoms with E-state index in [9.17, 15) is 0 Å². The molecule has 0 radical (unpaired) electrons. The molecular formula is C12H19IN2. The van der Waals surface area contributed by atoms with Gasteiger partial charge in [0.05, 0.1) is 6.04 Å². The fraction of sp³-hybridized carbons (Fsp3) is 0.750. The molecule has 1 saturated carbocycles. The Morgan fingerprint density at radius 3 is 2.60 bits per heavy atom. The summed E-state index contributed by atoms with van der Waals surface area (Å²) in [4.78, 5) is 0. The van der Waals surface area contributed by atoms with Gasteiger partial charge in [-0.1, -0.05) is 13.8 Å². The van der Waals surface area contributed by atoms with Crippen molar-refractivity contribution < 1.29 is 0 Å². The Morgan fingerprint density at radius 1 is 1.33 bits per heavy atom. The Bertz CT molecular complexity index is 326. The molecule has 0 bridgehead atoms. The smallest absolute Gasteiger partial charge is 0.126 e. The predicted octanol–water partition coefficient (Wildman–Crippen LogP) is 3.79. The first kappa shape index (κ1) is 11.4. The Hall–Kier alpha value is -0.0600. The van der Waals surface area contributed by atoms with Gasteiger partial charge in [-0.2, -0.15) is 5.10 Å². The lowest BCUT2D eigenvalue weighted by Gasteiger charge is -2.32. The quantitative estimate of drug-likeness (QED) is 0.720. The molecule has 1 aromatic heterocycles. The third-order valence-corrected chi connectivity index (χ3v) is 4.87. The molecule has 0 saturated heterocycles. The molecule has 1 heterocycles. The summed E-state index contributed by atoms with van der Waals surface area (Å²) >= 11 is 2.32. The topological polar surface area (TPSA) is 17.8 Å². The SMILES string of the molecule is Cc1cn(C2CCC(C)C(C)C2)nc1I. The third kappa shape index (κ3) is 2.37. The molecule has 3 atom stereocenters. The summed E-state index contributed by atoms with van der Waals surface area (Å²) in [6.45, 7) is 6.89. The largest absolute Gasteiger partial charge is 0.268 e. The van der Waals surface area contributed by atoms with Crippen LogP contribution in [0.2, 0.25) is 0 Å². The van der Waals surface area contributed by atoms with Crippen LogP contribution in [0.5, 0.6) is 0 Å². The average Bonchev–Trinajstić information content (AvgIpc) is 2.52. The molecule has 2 nitrogen and oxygen atoms in total. The molecular weight excluding hydrogens is 299 g/mol. The first-order chi connectivity index (χ1) is 7.08. The molecule has 0 N–H and O–H groups in total. The van der Waals surface area contributed by atoms with Crippen molar-refractivity contribution in [1.82, 2.24) is 9.78 Å². The van der Waals surface area contributed by atoms with Gasteiger partial charge in [-0.05, 0) is 60.6 Å². The summed E-state index contributed by atoms with van der Waals surface area (Å²) < 4.78 is 3.35. The van der Waals surface area contributed by atoms with Gasteiger partial charge < -0.3 is 0 Å². The van der Waals surface area contributed by atoms with Crippen molar-refractivity contribution in [2.75, 3.05) is 0 Å². The zero-order valence-corrected chi connectivity index (χ0v) is 11.9. The number of hydrogen-bond acceptors (Lipinski definition) is 1. The number of aryl methyl sites for hydroxylation is 1. The number of aromatic nitrogens is 2. The van der Waals surface area contributed by atoms with Gasteiger partial charge in [0.1, 0.15) is 3.70 Å². The highest BCUT2D eigenvalue weighted by Crippen LogP contribution is 2.36. The summed E-state index contributed by atoms with van der Waals surface area (Å²) in [6, 6.07) is 0.637. The summed E-state index contributed by atoms with van der Waals surface area (Å²) in [5.74, 6) is 1.72. The van der Waals surface area contributed by atoms with Crippen LogP contribution in [0, 0.1) is 22.5 Å². The zero-order valence-electron chi connectivity index (χ0n) is 9.70. The van der Waals surface area contributed by atoms with Crippen LogP contribution >= 0.6 is 22.6 Å². The van der Waals surface area contributed by atoms with Crippen LogP contribution in [0.3, 0.4) is 0 Å². The molecule has 2 rings (SSSR count). The van der Waals surface area contributed by atoms with Gasteiger partial charge in [0, 0.05) is 11.8 Å². The van der Waals surface area contributed by atoms with Gasteiger partial charge in [-0.25, -0.2) is 0 Å². The molecule has 3 unspecified atom stereocenters. The van der Waals surface area contributed by atoms with Crippen molar-refractivity contribution in [1.29, 1.82) is 0 Å². The minimum atomic E-state index is 0.637. The highest BCUT2D eigenvalue weighted by molar-refractivity contribution is 14.1. The molecule has 1 aliphatic rings. The summed E-state index contributed by atoms with van der Waals surface area (Å²) in [5, 5.41) is 4.60. The maximum Gasteiger partial charge on any atom is 0.126 e. The minimum absolute atomic E-state index is 0.637. The van der Waals surface area contributed by atoms with Gasteiger partial charge in [0.15, 0.2) is 0 Å². The molecule has 0 aliphatic heterocycles. The number of nitrogens with zero attached hydrogens (tertiary/aromatic N) is 2. The molecule has 0 spiro atoms. The monoisotopic (exact) mass is 318 g/mol. The second-order valence-electron chi connectivity index (χ2n) is 5.00. The molecule has 0 amide bonds. The van der Waals surface area contributed by atoms with E-state index in [1.165, 1.54) is 24.8 Å². The average molecular weight is 318 g/mol. The number of rotatable bonds is 1. The molecule has 15 heavy (non-hydrogen) atoms.